The number of carbonyl (C=O) groups excluding carboxylic acids is 2. The summed E-state index contributed by atoms with van der Waals surface area (Å²) < 4.78 is 11.4. The summed E-state index contributed by atoms with van der Waals surface area (Å²) in [7, 11) is 0. The van der Waals surface area contributed by atoms with Crippen LogP contribution in [0.5, 0.6) is 11.5 Å². The zero-order valence-corrected chi connectivity index (χ0v) is 15.7. The summed E-state index contributed by atoms with van der Waals surface area (Å²) in [6.07, 6.45) is 2.07. The van der Waals surface area contributed by atoms with Gasteiger partial charge < -0.3 is 14.8 Å². The van der Waals surface area contributed by atoms with Gasteiger partial charge in [0.05, 0.1) is 11.9 Å². The fourth-order valence-corrected chi connectivity index (χ4v) is 3.63. The van der Waals surface area contributed by atoms with E-state index in [-0.39, 0.29) is 18.9 Å². The van der Waals surface area contributed by atoms with Crippen molar-refractivity contribution < 1.29 is 19.1 Å². The molecule has 0 spiro atoms. The van der Waals surface area contributed by atoms with Gasteiger partial charge in [-0.25, -0.2) is 9.66 Å². The molecule has 0 bridgehead atoms. The molecule has 28 heavy (non-hydrogen) atoms. The molecular weight excluding hydrogens is 384 g/mol. The highest BCUT2D eigenvalue weighted by Crippen LogP contribution is 2.32. The van der Waals surface area contributed by atoms with Gasteiger partial charge in [-0.15, -0.1) is 11.3 Å². The Morgan fingerprint density at radius 2 is 2.07 bits per heavy atom. The Hall–Kier alpha value is -3.40. The maximum Gasteiger partial charge on any atom is 0.280 e. The zero-order chi connectivity index (χ0) is 19.7. The summed E-state index contributed by atoms with van der Waals surface area (Å²) in [4.78, 5) is 42.7. The molecule has 2 N–H and O–H groups in total. The van der Waals surface area contributed by atoms with E-state index < -0.39 is 11.8 Å². The average molecular weight is 400 g/mol. The number of aromatic nitrogens is 2. The van der Waals surface area contributed by atoms with Gasteiger partial charge in [0.15, 0.2) is 11.5 Å². The SMILES string of the molecule is CCc1cc2c(=O)n(NC(=O)CNC(=O)c3ccc4c(c3)OCO4)cnc2s1. The quantitative estimate of drug-likeness (QED) is 0.667. The summed E-state index contributed by atoms with van der Waals surface area (Å²) in [6.45, 7) is 1.80. The molecular formula is C18H16N4O5S. The number of hydrogen-bond donors (Lipinski definition) is 2. The largest absolute Gasteiger partial charge is 0.454 e. The van der Waals surface area contributed by atoms with E-state index in [1.807, 2.05) is 6.92 Å². The van der Waals surface area contributed by atoms with Gasteiger partial charge in [0.1, 0.15) is 11.2 Å². The first-order valence-electron chi connectivity index (χ1n) is 8.53. The number of amides is 2. The smallest absolute Gasteiger partial charge is 0.280 e. The van der Waals surface area contributed by atoms with Crippen LogP contribution in [0.1, 0.15) is 22.2 Å². The first kappa shape index (κ1) is 18.0. The highest BCUT2D eigenvalue weighted by atomic mass is 32.1. The molecule has 0 unspecified atom stereocenters. The lowest BCUT2D eigenvalue weighted by Gasteiger charge is -2.09. The number of fused-ring (bicyclic) bond motifs is 2. The number of hydrogen-bond acceptors (Lipinski definition) is 7. The van der Waals surface area contributed by atoms with Crippen molar-refractivity contribution >= 4 is 33.4 Å². The molecule has 0 fully saturated rings. The van der Waals surface area contributed by atoms with Crippen LogP contribution < -0.4 is 25.8 Å². The third-order valence-corrected chi connectivity index (χ3v) is 5.33. The first-order valence-corrected chi connectivity index (χ1v) is 9.34. The van der Waals surface area contributed by atoms with Crippen LogP contribution in [-0.4, -0.2) is 34.8 Å². The Balaban J connectivity index is 1.40. The molecule has 0 aliphatic carbocycles. The minimum absolute atomic E-state index is 0.111. The maximum atomic E-state index is 12.5. The van der Waals surface area contributed by atoms with E-state index in [9.17, 15) is 14.4 Å². The Morgan fingerprint density at radius 3 is 2.89 bits per heavy atom. The van der Waals surface area contributed by atoms with Crippen LogP contribution in [0.4, 0.5) is 0 Å². The molecule has 3 aromatic rings. The molecule has 2 aromatic heterocycles. The molecule has 1 aromatic carbocycles. The van der Waals surface area contributed by atoms with Crippen molar-refractivity contribution in [1.82, 2.24) is 15.0 Å². The molecule has 0 radical (unpaired) electrons. The molecule has 0 atom stereocenters. The number of benzene rings is 1. The third-order valence-electron chi connectivity index (χ3n) is 4.14. The highest BCUT2D eigenvalue weighted by molar-refractivity contribution is 7.18. The lowest BCUT2D eigenvalue weighted by molar-refractivity contribution is -0.116. The van der Waals surface area contributed by atoms with Gasteiger partial charge in [-0.05, 0) is 30.7 Å². The Morgan fingerprint density at radius 1 is 1.25 bits per heavy atom. The minimum atomic E-state index is -0.553. The van der Waals surface area contributed by atoms with Crippen LogP contribution in [0.25, 0.3) is 10.2 Å². The number of carbonyl (C=O) groups is 2. The van der Waals surface area contributed by atoms with Gasteiger partial charge >= 0.3 is 0 Å². The number of nitrogens with one attached hydrogen (secondary N) is 2. The summed E-state index contributed by atoms with van der Waals surface area (Å²) in [6, 6.07) is 6.52. The molecule has 3 heterocycles. The Bertz CT molecular complexity index is 1140. The molecule has 0 saturated heterocycles. The molecule has 10 heteroatoms. The summed E-state index contributed by atoms with van der Waals surface area (Å²) in [5, 5.41) is 2.95. The lowest BCUT2D eigenvalue weighted by atomic mass is 10.2. The lowest BCUT2D eigenvalue weighted by Crippen LogP contribution is -2.39. The Kier molecular flexibility index (Phi) is 4.70. The van der Waals surface area contributed by atoms with Gasteiger partial charge in [0.25, 0.3) is 17.4 Å². The van der Waals surface area contributed by atoms with Crippen molar-refractivity contribution in [1.29, 1.82) is 0 Å². The second-order valence-electron chi connectivity index (χ2n) is 5.99. The average Bonchev–Trinajstić information content (AvgIpc) is 3.34. The van der Waals surface area contributed by atoms with Crippen molar-refractivity contribution in [2.24, 2.45) is 0 Å². The van der Waals surface area contributed by atoms with Crippen molar-refractivity contribution in [2.45, 2.75) is 13.3 Å². The highest BCUT2D eigenvalue weighted by Gasteiger charge is 2.17. The van der Waals surface area contributed by atoms with E-state index in [1.54, 1.807) is 24.3 Å². The number of aryl methyl sites for hydroxylation is 1. The van der Waals surface area contributed by atoms with Crippen LogP contribution in [0.15, 0.2) is 35.4 Å². The fraction of sp³-hybridized carbons (Fsp3) is 0.222. The normalized spacial score (nSPS) is 12.2. The monoisotopic (exact) mass is 400 g/mol. The molecule has 2 amide bonds. The van der Waals surface area contributed by atoms with Gasteiger partial charge in [-0.2, -0.15) is 0 Å². The molecule has 0 saturated carbocycles. The van der Waals surface area contributed by atoms with E-state index in [0.717, 1.165) is 16.0 Å². The van der Waals surface area contributed by atoms with Crippen LogP contribution in [0.3, 0.4) is 0 Å². The van der Waals surface area contributed by atoms with E-state index in [1.165, 1.54) is 17.7 Å². The number of thiophene rings is 1. The fourth-order valence-electron chi connectivity index (χ4n) is 2.70. The van der Waals surface area contributed by atoms with Crippen LogP contribution in [-0.2, 0) is 11.2 Å². The van der Waals surface area contributed by atoms with E-state index in [0.29, 0.717) is 27.3 Å². The number of nitrogens with zero attached hydrogens (tertiary/aromatic N) is 2. The third kappa shape index (κ3) is 3.41. The molecule has 9 nitrogen and oxygen atoms in total. The van der Waals surface area contributed by atoms with Crippen molar-refractivity contribution in [3.8, 4) is 11.5 Å². The second-order valence-corrected chi connectivity index (χ2v) is 7.11. The molecule has 4 rings (SSSR count). The van der Waals surface area contributed by atoms with Crippen LogP contribution >= 0.6 is 11.3 Å². The predicted molar refractivity (Wildman–Crippen MR) is 103 cm³/mol. The number of ether oxygens (including phenoxy) is 2. The van der Waals surface area contributed by atoms with E-state index in [4.69, 9.17) is 9.47 Å². The molecule has 144 valence electrons. The second kappa shape index (κ2) is 7.31. The molecule has 1 aliphatic heterocycles. The van der Waals surface area contributed by atoms with Gasteiger partial charge in [-0.3, -0.25) is 19.8 Å². The van der Waals surface area contributed by atoms with E-state index >= 15 is 0 Å². The maximum absolute atomic E-state index is 12.5. The van der Waals surface area contributed by atoms with E-state index in [2.05, 4.69) is 15.7 Å². The summed E-state index contributed by atoms with van der Waals surface area (Å²) >= 11 is 1.45. The summed E-state index contributed by atoms with van der Waals surface area (Å²) in [5.41, 5.74) is 2.40. The van der Waals surface area contributed by atoms with Gasteiger partial charge in [0, 0.05) is 10.4 Å². The van der Waals surface area contributed by atoms with Crippen LogP contribution in [0, 0.1) is 0 Å². The predicted octanol–water partition coefficient (Wildman–Crippen LogP) is 1.25. The standard InChI is InChI=1S/C18H16N4O5S/c1-2-11-6-12-17(28-11)20-8-22(18(12)25)21-15(23)7-19-16(24)10-3-4-13-14(5-10)27-9-26-13/h3-6,8H,2,7,9H2,1H3,(H,19,24)(H,21,23). The van der Waals surface area contributed by atoms with Gasteiger partial charge in [0.2, 0.25) is 6.79 Å². The van der Waals surface area contributed by atoms with Crippen molar-refractivity contribution in [2.75, 3.05) is 18.8 Å². The Labute approximate surface area is 162 Å². The van der Waals surface area contributed by atoms with Crippen molar-refractivity contribution in [3.05, 3.63) is 51.4 Å². The zero-order valence-electron chi connectivity index (χ0n) is 14.9. The molecule has 1 aliphatic rings. The first-order chi connectivity index (χ1) is 13.5. The number of rotatable bonds is 5. The topological polar surface area (TPSA) is 112 Å². The van der Waals surface area contributed by atoms with Crippen LogP contribution in [0.2, 0.25) is 0 Å². The van der Waals surface area contributed by atoms with Gasteiger partial charge in [-0.1, -0.05) is 6.92 Å². The van der Waals surface area contributed by atoms with Crippen molar-refractivity contribution in [3.63, 3.8) is 0 Å². The summed E-state index contributed by atoms with van der Waals surface area (Å²) in [5.74, 6) is 0.0459. The minimum Gasteiger partial charge on any atom is -0.454 e.